The van der Waals surface area contributed by atoms with Gasteiger partial charge < -0.3 is 9.88 Å². The summed E-state index contributed by atoms with van der Waals surface area (Å²) in [5.74, 6) is -1.15. The molecule has 0 saturated heterocycles. The quantitative estimate of drug-likeness (QED) is 0.412. The minimum absolute atomic E-state index is 0.254. The maximum absolute atomic E-state index is 13.8. The van der Waals surface area contributed by atoms with Crippen molar-refractivity contribution in [1.82, 2.24) is 14.5 Å². The number of benzene rings is 2. The lowest BCUT2D eigenvalue weighted by Gasteiger charge is -2.11. The fourth-order valence-corrected chi connectivity index (χ4v) is 4.23. The Morgan fingerprint density at radius 3 is 2.77 bits per heavy atom. The molecule has 1 radical (unpaired) electrons. The molecule has 3 heterocycles. The Morgan fingerprint density at radius 2 is 1.94 bits per heavy atom. The number of hydrogen-bond donors (Lipinski definition) is 1. The molecule has 31 heavy (non-hydrogen) atoms. The van der Waals surface area contributed by atoms with Crippen LogP contribution in [0.15, 0.2) is 60.8 Å². The summed E-state index contributed by atoms with van der Waals surface area (Å²) >= 11 is 1.37. The number of carbonyl (C=O) groups excluding carboxylic acids is 1. The minimum atomic E-state index is -0.399. The molecular weight excluding hydrogens is 418 g/mol. The summed E-state index contributed by atoms with van der Waals surface area (Å²) in [4.78, 5) is 22.5. The van der Waals surface area contributed by atoms with E-state index in [0.29, 0.717) is 38.4 Å². The number of halogens is 2. The van der Waals surface area contributed by atoms with E-state index < -0.39 is 5.82 Å². The number of fused-ring (bicyclic) bond motifs is 2. The summed E-state index contributed by atoms with van der Waals surface area (Å²) in [7, 11) is 0. The van der Waals surface area contributed by atoms with Crippen molar-refractivity contribution in [2.75, 3.05) is 5.32 Å². The Bertz CT molecular complexity index is 1460. The molecule has 0 unspecified atom stereocenters. The zero-order valence-electron chi connectivity index (χ0n) is 16.1. The van der Waals surface area contributed by atoms with Crippen LogP contribution in [-0.4, -0.2) is 20.4 Å². The standard InChI is InChI=1S/C23H15F2N4OS/c1-13-27-19-10-18(11-26-23(19)31-13)28-22(30)21-9-15-8-17(25)5-6-20(15)29(21)12-14-3-2-4-16(24)7-14/h2-11H,1,12H2,(H,28,30). The Labute approximate surface area is 180 Å². The SMILES string of the molecule is [CH2]c1nc2cc(NC(=O)c3cc4cc(F)ccc4n3Cc3cccc(F)c3)cnc2s1. The summed E-state index contributed by atoms with van der Waals surface area (Å²) in [6.07, 6.45) is 1.55. The Hall–Kier alpha value is -3.65. The average Bonchev–Trinajstić information content (AvgIpc) is 3.27. The van der Waals surface area contributed by atoms with Crippen LogP contribution in [0.3, 0.4) is 0 Å². The van der Waals surface area contributed by atoms with Gasteiger partial charge in [0.05, 0.1) is 16.9 Å². The third kappa shape index (κ3) is 3.77. The number of rotatable bonds is 4. The predicted molar refractivity (Wildman–Crippen MR) is 117 cm³/mol. The lowest BCUT2D eigenvalue weighted by molar-refractivity contribution is 0.101. The van der Waals surface area contributed by atoms with Crippen molar-refractivity contribution >= 4 is 44.2 Å². The van der Waals surface area contributed by atoms with Gasteiger partial charge in [0.25, 0.3) is 5.91 Å². The highest BCUT2D eigenvalue weighted by Gasteiger charge is 2.17. The highest BCUT2D eigenvalue weighted by Crippen LogP contribution is 2.25. The summed E-state index contributed by atoms with van der Waals surface area (Å²) in [5.41, 5.74) is 2.81. The first-order valence-electron chi connectivity index (χ1n) is 9.39. The number of pyridine rings is 1. The van der Waals surface area contributed by atoms with Crippen molar-refractivity contribution in [3.8, 4) is 0 Å². The van der Waals surface area contributed by atoms with E-state index in [1.165, 1.54) is 35.6 Å². The Morgan fingerprint density at radius 1 is 1.10 bits per heavy atom. The lowest BCUT2D eigenvalue weighted by Crippen LogP contribution is -2.17. The molecule has 5 rings (SSSR count). The summed E-state index contributed by atoms with van der Waals surface area (Å²) in [6.45, 7) is 4.06. The molecule has 1 N–H and O–H groups in total. The van der Waals surface area contributed by atoms with Crippen LogP contribution in [0, 0.1) is 18.6 Å². The first kappa shape index (κ1) is 19.3. The van der Waals surface area contributed by atoms with E-state index in [1.54, 1.807) is 41.1 Å². The molecule has 0 spiro atoms. The van der Waals surface area contributed by atoms with E-state index >= 15 is 0 Å². The van der Waals surface area contributed by atoms with Crippen LogP contribution in [0.2, 0.25) is 0 Å². The fraction of sp³-hybridized carbons (Fsp3) is 0.0435. The van der Waals surface area contributed by atoms with Crippen LogP contribution >= 0.6 is 11.3 Å². The monoisotopic (exact) mass is 433 g/mol. The molecule has 2 aromatic carbocycles. The summed E-state index contributed by atoms with van der Waals surface area (Å²) < 4.78 is 29.2. The molecule has 0 aliphatic rings. The maximum Gasteiger partial charge on any atom is 0.272 e. The number of amides is 1. The molecule has 8 heteroatoms. The average molecular weight is 433 g/mol. The number of carbonyl (C=O) groups is 1. The van der Waals surface area contributed by atoms with E-state index in [2.05, 4.69) is 22.2 Å². The molecule has 153 valence electrons. The Balaban J connectivity index is 1.54. The van der Waals surface area contributed by atoms with Crippen molar-refractivity contribution in [2.45, 2.75) is 6.54 Å². The lowest BCUT2D eigenvalue weighted by atomic mass is 10.2. The van der Waals surface area contributed by atoms with Crippen LogP contribution in [0.5, 0.6) is 0 Å². The highest BCUT2D eigenvalue weighted by molar-refractivity contribution is 7.18. The molecule has 0 aliphatic carbocycles. The van der Waals surface area contributed by atoms with Gasteiger partial charge in [-0.25, -0.2) is 18.7 Å². The second-order valence-corrected chi connectivity index (χ2v) is 8.12. The van der Waals surface area contributed by atoms with Crippen LogP contribution in [-0.2, 0) is 6.54 Å². The topological polar surface area (TPSA) is 59.8 Å². The smallest absolute Gasteiger partial charge is 0.272 e. The van der Waals surface area contributed by atoms with Gasteiger partial charge in [0.2, 0.25) is 0 Å². The third-order valence-corrected chi connectivity index (χ3v) is 5.71. The number of anilines is 1. The van der Waals surface area contributed by atoms with Crippen molar-refractivity contribution in [1.29, 1.82) is 0 Å². The molecular formula is C23H15F2N4OS. The molecule has 3 aromatic heterocycles. The molecule has 0 saturated carbocycles. The van der Waals surface area contributed by atoms with E-state index in [4.69, 9.17) is 0 Å². The fourth-order valence-electron chi connectivity index (χ4n) is 3.55. The second kappa shape index (κ2) is 7.55. The normalized spacial score (nSPS) is 11.3. The van der Waals surface area contributed by atoms with Crippen LogP contribution in [0.4, 0.5) is 14.5 Å². The van der Waals surface area contributed by atoms with Crippen molar-refractivity contribution < 1.29 is 13.6 Å². The molecule has 0 aliphatic heterocycles. The predicted octanol–water partition coefficient (Wildman–Crippen LogP) is 5.41. The second-order valence-electron chi connectivity index (χ2n) is 7.06. The number of nitrogens with one attached hydrogen (secondary N) is 1. The third-order valence-electron chi connectivity index (χ3n) is 4.88. The maximum atomic E-state index is 13.8. The van der Waals surface area contributed by atoms with Crippen LogP contribution in [0.1, 0.15) is 21.1 Å². The van der Waals surface area contributed by atoms with Crippen molar-refractivity contribution in [3.63, 3.8) is 0 Å². The van der Waals surface area contributed by atoms with Gasteiger partial charge >= 0.3 is 0 Å². The molecule has 5 aromatic rings. The van der Waals surface area contributed by atoms with Crippen molar-refractivity contribution in [3.05, 3.63) is 95.6 Å². The largest absolute Gasteiger partial charge is 0.332 e. The minimum Gasteiger partial charge on any atom is -0.332 e. The first-order valence-corrected chi connectivity index (χ1v) is 10.2. The van der Waals surface area contributed by atoms with Gasteiger partial charge in [0.15, 0.2) is 0 Å². The van der Waals surface area contributed by atoms with E-state index in [1.807, 2.05) is 0 Å². The van der Waals surface area contributed by atoms with Gasteiger partial charge in [0.1, 0.15) is 27.7 Å². The van der Waals surface area contributed by atoms with E-state index in [-0.39, 0.29) is 18.3 Å². The van der Waals surface area contributed by atoms with Gasteiger partial charge in [-0.05, 0) is 48.0 Å². The highest BCUT2D eigenvalue weighted by atomic mass is 32.1. The van der Waals surface area contributed by atoms with E-state index in [0.717, 1.165) is 4.83 Å². The zero-order chi connectivity index (χ0) is 21.5. The molecule has 1 amide bonds. The molecule has 0 fully saturated rings. The van der Waals surface area contributed by atoms with Gasteiger partial charge in [0, 0.05) is 24.4 Å². The van der Waals surface area contributed by atoms with Crippen molar-refractivity contribution in [2.24, 2.45) is 0 Å². The van der Waals surface area contributed by atoms with Gasteiger partial charge in [-0.15, -0.1) is 0 Å². The van der Waals surface area contributed by atoms with E-state index in [9.17, 15) is 13.6 Å². The molecule has 0 atom stereocenters. The Kier molecular flexibility index (Phi) is 4.71. The molecule has 0 bridgehead atoms. The number of thiazole rings is 1. The van der Waals surface area contributed by atoms with Gasteiger partial charge in [-0.1, -0.05) is 23.5 Å². The van der Waals surface area contributed by atoms with Gasteiger partial charge in [-0.3, -0.25) is 4.79 Å². The number of aromatic nitrogens is 3. The first-order chi connectivity index (χ1) is 15.0. The summed E-state index contributed by atoms with van der Waals surface area (Å²) in [5, 5.41) is 4.05. The molecule has 5 nitrogen and oxygen atoms in total. The van der Waals surface area contributed by atoms with Gasteiger partial charge in [-0.2, -0.15) is 0 Å². The summed E-state index contributed by atoms with van der Waals surface area (Å²) in [6, 6.07) is 13.8. The van der Waals surface area contributed by atoms with Crippen LogP contribution < -0.4 is 5.32 Å². The zero-order valence-corrected chi connectivity index (χ0v) is 16.9. The van der Waals surface area contributed by atoms with Crippen LogP contribution in [0.25, 0.3) is 21.3 Å². The number of hydrogen-bond acceptors (Lipinski definition) is 4. The number of nitrogens with zero attached hydrogens (tertiary/aromatic N) is 3.